The van der Waals surface area contributed by atoms with Crippen LogP contribution in [0.15, 0.2) is 80.5 Å². The normalized spacial score (nSPS) is 16.7. The Hall–Kier alpha value is -3.77. The Kier molecular flexibility index (Phi) is 8.99. The van der Waals surface area contributed by atoms with Gasteiger partial charge in [0.25, 0.3) is 0 Å². The monoisotopic (exact) mass is 723 g/mol. The largest absolute Gasteiger partial charge is 0.397 e. The second-order valence-corrected chi connectivity index (χ2v) is 13.1. The van der Waals surface area contributed by atoms with Crippen LogP contribution in [0.4, 0.5) is 16.2 Å². The molecule has 230 valence electrons. The molecule has 4 N–H and O–H groups in total. The number of rotatable bonds is 6. The van der Waals surface area contributed by atoms with Crippen LogP contribution >= 0.6 is 31.9 Å². The van der Waals surface area contributed by atoms with E-state index in [-0.39, 0.29) is 23.7 Å². The lowest BCUT2D eigenvalue weighted by Gasteiger charge is -2.38. The van der Waals surface area contributed by atoms with Gasteiger partial charge in [-0.2, -0.15) is 0 Å². The summed E-state index contributed by atoms with van der Waals surface area (Å²) in [4.78, 5) is 49.1. The molecule has 44 heavy (non-hydrogen) atoms. The lowest BCUT2D eigenvalue weighted by atomic mass is 10.0. The number of halogens is 2. The summed E-state index contributed by atoms with van der Waals surface area (Å²) in [5.41, 5.74) is 10.3. The van der Waals surface area contributed by atoms with Gasteiger partial charge in [0.15, 0.2) is 0 Å². The van der Waals surface area contributed by atoms with Crippen LogP contribution in [0.5, 0.6) is 0 Å². The van der Waals surface area contributed by atoms with Gasteiger partial charge in [0.05, 0.1) is 16.7 Å². The molecule has 12 heteroatoms. The molecule has 0 radical (unpaired) electrons. The Morgan fingerprint density at radius 2 is 1.52 bits per heavy atom. The Bertz CT molecular complexity index is 1680. The van der Waals surface area contributed by atoms with Crippen LogP contribution in [0.2, 0.25) is 0 Å². The van der Waals surface area contributed by atoms with Crippen molar-refractivity contribution in [2.75, 3.05) is 49.9 Å². The van der Waals surface area contributed by atoms with Crippen molar-refractivity contribution in [3.8, 4) is 0 Å². The van der Waals surface area contributed by atoms with Crippen molar-refractivity contribution in [2.24, 2.45) is 0 Å². The summed E-state index contributed by atoms with van der Waals surface area (Å²) in [5, 5.41) is 3.06. The van der Waals surface area contributed by atoms with Crippen molar-refractivity contribution in [1.29, 1.82) is 0 Å². The number of likely N-dealkylation sites (tertiary alicyclic amines) is 1. The van der Waals surface area contributed by atoms with E-state index < -0.39 is 6.04 Å². The minimum Gasteiger partial charge on any atom is -0.397 e. The number of H-pyrrole nitrogens is 1. The minimum absolute atomic E-state index is 0.00878. The van der Waals surface area contributed by atoms with Gasteiger partial charge in [-0.05, 0) is 86.7 Å². The highest BCUT2D eigenvalue weighted by Gasteiger charge is 2.32. The number of hydrogen-bond acceptors (Lipinski definition) is 5. The molecule has 10 nitrogen and oxygen atoms in total. The molecule has 0 unspecified atom stereocenters. The summed E-state index contributed by atoms with van der Waals surface area (Å²) in [6, 6.07) is 20.6. The van der Waals surface area contributed by atoms with Crippen molar-refractivity contribution < 1.29 is 9.59 Å². The van der Waals surface area contributed by atoms with Gasteiger partial charge in [-0.3, -0.25) is 9.36 Å². The third kappa shape index (κ3) is 6.37. The Balaban J connectivity index is 1.14. The first-order chi connectivity index (χ1) is 21.3. The van der Waals surface area contributed by atoms with Crippen LogP contribution in [0.25, 0.3) is 11.0 Å². The average molecular weight is 725 g/mol. The number of urea groups is 1. The van der Waals surface area contributed by atoms with Gasteiger partial charge < -0.3 is 30.7 Å². The van der Waals surface area contributed by atoms with Crippen molar-refractivity contribution in [1.82, 2.24) is 24.7 Å². The zero-order valence-corrected chi connectivity index (χ0v) is 27.4. The molecular weight excluding hydrogens is 690 g/mol. The SMILES string of the molecule is Nc1c(Br)cc(C[C@H](NC(=O)N2CCC(n3c(=O)[nH]c4ccccc43)CC2)C(=O)N2CCN(c3ccccc3)CC2)cc1Br. The van der Waals surface area contributed by atoms with E-state index in [9.17, 15) is 14.4 Å². The lowest BCUT2D eigenvalue weighted by Crippen LogP contribution is -2.57. The number of benzene rings is 3. The van der Waals surface area contributed by atoms with Gasteiger partial charge in [0, 0.05) is 66.4 Å². The molecule has 3 heterocycles. The zero-order valence-electron chi connectivity index (χ0n) is 24.2. The number of nitrogens with one attached hydrogen (secondary N) is 2. The maximum Gasteiger partial charge on any atom is 0.326 e. The highest BCUT2D eigenvalue weighted by atomic mass is 79.9. The van der Waals surface area contributed by atoms with E-state index in [1.807, 2.05) is 64.1 Å². The van der Waals surface area contributed by atoms with Gasteiger partial charge in [0.1, 0.15) is 6.04 Å². The molecule has 3 amide bonds. The van der Waals surface area contributed by atoms with Gasteiger partial charge in [0.2, 0.25) is 5.91 Å². The van der Waals surface area contributed by atoms with Crippen LogP contribution in [0.3, 0.4) is 0 Å². The van der Waals surface area contributed by atoms with E-state index in [0.717, 1.165) is 44.3 Å². The fourth-order valence-electron chi connectivity index (χ4n) is 6.24. The third-order valence-corrected chi connectivity index (χ3v) is 9.94. The fraction of sp³-hybridized carbons (Fsp3) is 0.344. The molecule has 0 bridgehead atoms. The number of nitrogens with zero attached hydrogens (tertiary/aromatic N) is 4. The summed E-state index contributed by atoms with van der Waals surface area (Å²) in [6.45, 7) is 3.54. The van der Waals surface area contributed by atoms with Crippen molar-refractivity contribution in [2.45, 2.75) is 31.3 Å². The maximum atomic E-state index is 14.0. The number of imidazole rings is 1. The average Bonchev–Trinajstić information content (AvgIpc) is 3.39. The first kappa shape index (κ1) is 30.3. The summed E-state index contributed by atoms with van der Waals surface area (Å²) in [6.07, 6.45) is 1.61. The molecule has 0 aliphatic carbocycles. The number of carbonyl (C=O) groups is 2. The van der Waals surface area contributed by atoms with Crippen LogP contribution in [0, 0.1) is 0 Å². The first-order valence-corrected chi connectivity index (χ1v) is 16.4. The summed E-state index contributed by atoms with van der Waals surface area (Å²) in [7, 11) is 0. The first-order valence-electron chi connectivity index (χ1n) is 14.9. The number of para-hydroxylation sites is 3. The highest BCUT2D eigenvalue weighted by molar-refractivity contribution is 9.11. The molecule has 2 fully saturated rings. The second kappa shape index (κ2) is 13.1. The van der Waals surface area contributed by atoms with E-state index in [1.165, 1.54) is 0 Å². The third-order valence-electron chi connectivity index (χ3n) is 8.63. The number of aromatic amines is 1. The van der Waals surface area contributed by atoms with Crippen LogP contribution in [0.1, 0.15) is 24.4 Å². The number of carbonyl (C=O) groups excluding carboxylic acids is 2. The second-order valence-electron chi connectivity index (χ2n) is 11.4. The standard InChI is InChI=1S/C32H35Br2N7O3/c33-24-18-21(19-25(34)29(24)35)20-27(30(42)39-16-14-38(15-17-39)22-6-2-1-3-7-22)37-31(43)40-12-10-23(11-13-40)41-28-9-5-4-8-26(28)36-32(41)44/h1-9,18-19,23,27H,10-17,20,35H2,(H,36,44)(H,37,43)/t27-/m0/s1. The molecule has 4 aromatic rings. The molecule has 3 aromatic carbocycles. The lowest BCUT2D eigenvalue weighted by molar-refractivity contribution is -0.133. The number of nitrogen functional groups attached to an aromatic ring is 1. The topological polar surface area (TPSA) is 120 Å². The van der Waals surface area contributed by atoms with Gasteiger partial charge in [-0.25, -0.2) is 9.59 Å². The summed E-state index contributed by atoms with van der Waals surface area (Å²) >= 11 is 7.01. The molecular formula is C32H35Br2N7O3. The Labute approximate surface area is 272 Å². The van der Waals surface area contributed by atoms with E-state index >= 15 is 0 Å². The van der Waals surface area contributed by atoms with E-state index in [1.54, 1.807) is 4.90 Å². The molecule has 2 aliphatic rings. The molecule has 2 aliphatic heterocycles. The number of anilines is 2. The quantitative estimate of drug-likeness (QED) is 0.248. The van der Waals surface area contributed by atoms with Gasteiger partial charge in [-0.15, -0.1) is 0 Å². The molecule has 6 rings (SSSR count). The van der Waals surface area contributed by atoms with Crippen molar-refractivity contribution in [3.05, 3.63) is 91.7 Å². The van der Waals surface area contributed by atoms with Gasteiger partial charge in [-0.1, -0.05) is 30.3 Å². The van der Waals surface area contributed by atoms with E-state index in [0.29, 0.717) is 51.1 Å². The molecule has 0 spiro atoms. The molecule has 1 aromatic heterocycles. The maximum absolute atomic E-state index is 14.0. The minimum atomic E-state index is -0.748. The Morgan fingerprint density at radius 3 is 2.20 bits per heavy atom. The van der Waals surface area contributed by atoms with Crippen LogP contribution in [-0.2, 0) is 11.2 Å². The van der Waals surface area contributed by atoms with Crippen molar-refractivity contribution >= 4 is 66.2 Å². The fourth-order valence-corrected chi connectivity index (χ4v) is 7.52. The number of nitrogens with two attached hydrogens (primary N) is 1. The number of aromatic nitrogens is 2. The van der Waals surface area contributed by atoms with Crippen molar-refractivity contribution in [3.63, 3.8) is 0 Å². The summed E-state index contributed by atoms with van der Waals surface area (Å²) < 4.78 is 3.26. The van der Waals surface area contributed by atoms with E-state index in [2.05, 4.69) is 59.2 Å². The van der Waals surface area contributed by atoms with Gasteiger partial charge >= 0.3 is 11.7 Å². The Morgan fingerprint density at radius 1 is 0.886 bits per heavy atom. The summed E-state index contributed by atoms with van der Waals surface area (Å²) in [5.74, 6) is -0.102. The number of piperidine rings is 1. The zero-order chi connectivity index (χ0) is 30.8. The number of piperazine rings is 1. The molecule has 2 saturated heterocycles. The highest BCUT2D eigenvalue weighted by Crippen LogP contribution is 2.30. The molecule has 1 atom stereocenters. The smallest absolute Gasteiger partial charge is 0.326 e. The number of amides is 3. The predicted molar refractivity (Wildman–Crippen MR) is 180 cm³/mol. The van der Waals surface area contributed by atoms with Crippen LogP contribution < -0.4 is 21.6 Å². The predicted octanol–water partition coefficient (Wildman–Crippen LogP) is 4.74. The van der Waals surface area contributed by atoms with Crippen LogP contribution in [-0.4, -0.2) is 76.6 Å². The molecule has 0 saturated carbocycles. The number of fused-ring (bicyclic) bond motifs is 1. The number of hydrogen-bond donors (Lipinski definition) is 3. The van der Waals surface area contributed by atoms with E-state index in [4.69, 9.17) is 5.73 Å².